The number of carbonyl (C=O) groups is 1. The lowest BCUT2D eigenvalue weighted by atomic mass is 9.96. The van der Waals surface area contributed by atoms with Gasteiger partial charge in [-0.05, 0) is 37.0 Å². The summed E-state index contributed by atoms with van der Waals surface area (Å²) in [5, 5.41) is 3.42. The Kier molecular flexibility index (Phi) is 4.37. The fourth-order valence-electron chi connectivity index (χ4n) is 3.25. The normalized spacial score (nSPS) is 18.5. The molecule has 3 heteroatoms. The van der Waals surface area contributed by atoms with Crippen LogP contribution in [0.3, 0.4) is 0 Å². The van der Waals surface area contributed by atoms with E-state index < -0.39 is 0 Å². The van der Waals surface area contributed by atoms with Crippen molar-refractivity contribution >= 4 is 17.3 Å². The highest BCUT2D eigenvalue weighted by molar-refractivity contribution is 6.05. The molecule has 1 heterocycles. The number of hydrogen-bond acceptors (Lipinski definition) is 2. The van der Waals surface area contributed by atoms with Gasteiger partial charge in [0.05, 0.1) is 17.4 Å². The van der Waals surface area contributed by atoms with Gasteiger partial charge in [-0.3, -0.25) is 4.79 Å². The molecule has 1 aliphatic heterocycles. The standard InChI is InChI=1S/C20H24N2O/c1-14(2)13-18-20(23)22(15(3)16-9-5-4-6-10-16)19-12-8-7-11-17(19)21-18/h4-12,14-15,18,21H,13H2,1-3H3. The number of anilines is 2. The number of amides is 1. The van der Waals surface area contributed by atoms with Gasteiger partial charge in [0.15, 0.2) is 0 Å². The van der Waals surface area contributed by atoms with Crippen molar-refractivity contribution in [2.75, 3.05) is 10.2 Å². The van der Waals surface area contributed by atoms with E-state index in [1.807, 2.05) is 41.3 Å². The summed E-state index contributed by atoms with van der Waals surface area (Å²) in [7, 11) is 0. The van der Waals surface area contributed by atoms with Crippen LogP contribution in [0.5, 0.6) is 0 Å². The topological polar surface area (TPSA) is 32.3 Å². The van der Waals surface area contributed by atoms with Gasteiger partial charge >= 0.3 is 0 Å². The van der Waals surface area contributed by atoms with Crippen molar-refractivity contribution in [1.29, 1.82) is 0 Å². The average molecular weight is 308 g/mol. The second kappa shape index (κ2) is 6.45. The summed E-state index contributed by atoms with van der Waals surface area (Å²) >= 11 is 0. The van der Waals surface area contributed by atoms with Crippen LogP contribution in [0.25, 0.3) is 0 Å². The Morgan fingerprint density at radius 2 is 1.65 bits per heavy atom. The molecule has 3 nitrogen and oxygen atoms in total. The summed E-state index contributed by atoms with van der Waals surface area (Å²) in [5.74, 6) is 0.629. The number of nitrogens with zero attached hydrogens (tertiary/aromatic N) is 1. The predicted molar refractivity (Wildman–Crippen MR) is 95.7 cm³/mol. The molecule has 0 saturated carbocycles. The van der Waals surface area contributed by atoms with Gasteiger partial charge in [-0.15, -0.1) is 0 Å². The number of rotatable bonds is 4. The van der Waals surface area contributed by atoms with Crippen molar-refractivity contribution in [3.05, 3.63) is 60.2 Å². The first-order chi connectivity index (χ1) is 11.1. The first-order valence-electron chi connectivity index (χ1n) is 8.31. The van der Waals surface area contributed by atoms with Crippen LogP contribution < -0.4 is 10.2 Å². The molecule has 0 fully saturated rings. The van der Waals surface area contributed by atoms with Crippen LogP contribution in [0.2, 0.25) is 0 Å². The van der Waals surface area contributed by atoms with Crippen molar-refractivity contribution in [3.63, 3.8) is 0 Å². The van der Waals surface area contributed by atoms with Gasteiger partial charge in [0.1, 0.15) is 6.04 Å². The number of carbonyl (C=O) groups excluding carboxylic acids is 1. The third-order valence-electron chi connectivity index (χ3n) is 4.41. The van der Waals surface area contributed by atoms with E-state index in [2.05, 4.69) is 44.3 Å². The fraction of sp³-hybridized carbons (Fsp3) is 0.350. The largest absolute Gasteiger partial charge is 0.372 e. The van der Waals surface area contributed by atoms with Crippen LogP contribution in [0, 0.1) is 5.92 Å². The molecule has 0 radical (unpaired) electrons. The molecular weight excluding hydrogens is 284 g/mol. The number of nitrogens with one attached hydrogen (secondary N) is 1. The fourth-order valence-corrected chi connectivity index (χ4v) is 3.25. The van der Waals surface area contributed by atoms with Gasteiger partial charge in [0, 0.05) is 0 Å². The highest BCUT2D eigenvalue weighted by atomic mass is 16.2. The summed E-state index contributed by atoms with van der Waals surface area (Å²) in [4.78, 5) is 15.1. The summed E-state index contributed by atoms with van der Waals surface area (Å²) in [6.45, 7) is 6.41. The van der Waals surface area contributed by atoms with Crippen LogP contribution >= 0.6 is 0 Å². The maximum atomic E-state index is 13.1. The Morgan fingerprint density at radius 3 is 2.35 bits per heavy atom. The zero-order valence-electron chi connectivity index (χ0n) is 14.0. The second-order valence-electron chi connectivity index (χ2n) is 6.64. The van der Waals surface area contributed by atoms with Gasteiger partial charge in [-0.1, -0.05) is 56.3 Å². The van der Waals surface area contributed by atoms with Gasteiger partial charge < -0.3 is 10.2 Å². The monoisotopic (exact) mass is 308 g/mol. The Bertz CT molecular complexity index is 681. The van der Waals surface area contributed by atoms with Crippen LogP contribution in [-0.4, -0.2) is 11.9 Å². The lowest BCUT2D eigenvalue weighted by Crippen LogP contribution is -2.48. The average Bonchev–Trinajstić information content (AvgIpc) is 2.55. The molecule has 1 N–H and O–H groups in total. The van der Waals surface area contributed by atoms with Crippen molar-refractivity contribution in [2.45, 2.75) is 39.3 Å². The van der Waals surface area contributed by atoms with E-state index in [0.29, 0.717) is 5.92 Å². The first-order valence-corrected chi connectivity index (χ1v) is 8.31. The number of hydrogen-bond donors (Lipinski definition) is 1. The quantitative estimate of drug-likeness (QED) is 0.893. The second-order valence-corrected chi connectivity index (χ2v) is 6.64. The molecule has 3 rings (SSSR count). The molecule has 0 aliphatic carbocycles. The van der Waals surface area contributed by atoms with E-state index in [4.69, 9.17) is 0 Å². The maximum absolute atomic E-state index is 13.1. The van der Waals surface area contributed by atoms with Gasteiger partial charge in [0.25, 0.3) is 0 Å². The minimum Gasteiger partial charge on any atom is -0.372 e. The molecule has 2 aromatic carbocycles. The third kappa shape index (κ3) is 3.09. The molecule has 0 aromatic heterocycles. The minimum atomic E-state index is -0.156. The van der Waals surface area contributed by atoms with E-state index in [1.54, 1.807) is 0 Å². The maximum Gasteiger partial charge on any atom is 0.250 e. The Labute approximate surface area is 138 Å². The minimum absolute atomic E-state index is 0.0154. The van der Waals surface area contributed by atoms with Crippen LogP contribution in [0.15, 0.2) is 54.6 Å². The Hall–Kier alpha value is -2.29. The molecule has 2 aromatic rings. The van der Waals surface area contributed by atoms with Gasteiger partial charge in [-0.2, -0.15) is 0 Å². The van der Waals surface area contributed by atoms with Crippen molar-refractivity contribution in [3.8, 4) is 0 Å². The first kappa shape index (κ1) is 15.6. The van der Waals surface area contributed by atoms with Crippen molar-refractivity contribution in [2.24, 2.45) is 5.92 Å². The van der Waals surface area contributed by atoms with E-state index in [9.17, 15) is 4.79 Å². The molecular formula is C20H24N2O. The number of fused-ring (bicyclic) bond motifs is 1. The van der Waals surface area contributed by atoms with Crippen molar-refractivity contribution < 1.29 is 4.79 Å². The zero-order chi connectivity index (χ0) is 16.4. The summed E-state index contributed by atoms with van der Waals surface area (Å²) < 4.78 is 0. The zero-order valence-corrected chi connectivity index (χ0v) is 14.0. The van der Waals surface area contributed by atoms with Crippen LogP contribution in [0.1, 0.15) is 38.8 Å². The SMILES string of the molecule is CC(C)CC1Nc2ccccc2N(C(C)c2ccccc2)C1=O. The smallest absolute Gasteiger partial charge is 0.250 e. The molecule has 1 aliphatic rings. The molecule has 0 bridgehead atoms. The lowest BCUT2D eigenvalue weighted by molar-refractivity contribution is -0.120. The molecule has 120 valence electrons. The Morgan fingerprint density at radius 1 is 1.00 bits per heavy atom. The highest BCUT2D eigenvalue weighted by Crippen LogP contribution is 2.38. The molecule has 2 unspecified atom stereocenters. The molecule has 0 saturated heterocycles. The van der Waals surface area contributed by atoms with Gasteiger partial charge in [-0.25, -0.2) is 0 Å². The van der Waals surface area contributed by atoms with Crippen LogP contribution in [-0.2, 0) is 4.79 Å². The van der Waals surface area contributed by atoms with E-state index in [0.717, 1.165) is 23.4 Å². The molecule has 0 spiro atoms. The van der Waals surface area contributed by atoms with E-state index in [1.165, 1.54) is 0 Å². The highest BCUT2D eigenvalue weighted by Gasteiger charge is 2.35. The lowest BCUT2D eigenvalue weighted by Gasteiger charge is -2.39. The molecule has 1 amide bonds. The third-order valence-corrected chi connectivity index (χ3v) is 4.41. The molecule has 23 heavy (non-hydrogen) atoms. The van der Waals surface area contributed by atoms with Crippen molar-refractivity contribution in [1.82, 2.24) is 0 Å². The summed E-state index contributed by atoms with van der Waals surface area (Å²) in [6, 6.07) is 18.2. The van der Waals surface area contributed by atoms with E-state index in [-0.39, 0.29) is 18.0 Å². The Balaban J connectivity index is 2.00. The predicted octanol–water partition coefficient (Wildman–Crippen LogP) is 4.62. The number of benzene rings is 2. The summed E-state index contributed by atoms with van der Waals surface area (Å²) in [5.41, 5.74) is 3.16. The molecule has 2 atom stereocenters. The number of para-hydroxylation sites is 2. The van der Waals surface area contributed by atoms with E-state index >= 15 is 0 Å². The van der Waals surface area contributed by atoms with Crippen LogP contribution in [0.4, 0.5) is 11.4 Å². The summed E-state index contributed by atoms with van der Waals surface area (Å²) in [6.07, 6.45) is 0.838. The van der Waals surface area contributed by atoms with Gasteiger partial charge in [0.2, 0.25) is 5.91 Å².